The second-order valence-corrected chi connectivity index (χ2v) is 6.09. The highest BCUT2D eigenvalue weighted by Crippen LogP contribution is 2.27. The number of ether oxygens (including phenoxy) is 1. The van der Waals surface area contributed by atoms with Gasteiger partial charge in [-0.1, -0.05) is 42.5 Å². The highest BCUT2D eigenvalue weighted by molar-refractivity contribution is 6.04. The van der Waals surface area contributed by atoms with E-state index in [1.807, 2.05) is 74.5 Å². The van der Waals surface area contributed by atoms with E-state index in [4.69, 9.17) is 4.74 Å². The van der Waals surface area contributed by atoms with Crippen molar-refractivity contribution in [1.82, 2.24) is 0 Å². The van der Waals surface area contributed by atoms with Crippen molar-refractivity contribution in [3.05, 3.63) is 66.2 Å². The Morgan fingerprint density at radius 1 is 1.00 bits per heavy atom. The minimum absolute atomic E-state index is 0.0973. The summed E-state index contributed by atoms with van der Waals surface area (Å²) in [4.78, 5) is 12.6. The van der Waals surface area contributed by atoms with E-state index in [9.17, 15) is 4.79 Å². The molecule has 1 atom stereocenters. The average molecular weight is 334 g/mol. The van der Waals surface area contributed by atoms with Crippen molar-refractivity contribution in [1.29, 1.82) is 0 Å². The van der Waals surface area contributed by atoms with E-state index in [1.165, 1.54) is 0 Å². The molecule has 1 unspecified atom stereocenters. The van der Waals surface area contributed by atoms with Gasteiger partial charge in [0.15, 0.2) is 0 Å². The van der Waals surface area contributed by atoms with Gasteiger partial charge in [0.05, 0.1) is 12.8 Å². The second kappa shape index (κ2) is 7.26. The molecule has 0 aliphatic carbocycles. The van der Waals surface area contributed by atoms with Gasteiger partial charge >= 0.3 is 0 Å². The predicted molar refractivity (Wildman–Crippen MR) is 103 cm³/mol. The molecule has 4 heteroatoms. The van der Waals surface area contributed by atoms with Crippen LogP contribution in [0.2, 0.25) is 0 Å². The van der Waals surface area contributed by atoms with Gasteiger partial charge in [0.2, 0.25) is 5.91 Å². The van der Waals surface area contributed by atoms with Crippen LogP contribution in [-0.2, 0) is 4.79 Å². The molecule has 2 N–H and O–H groups in total. The molecule has 128 valence electrons. The third-order valence-corrected chi connectivity index (χ3v) is 4.17. The van der Waals surface area contributed by atoms with E-state index in [2.05, 4.69) is 10.6 Å². The summed E-state index contributed by atoms with van der Waals surface area (Å²) in [5, 5.41) is 8.37. The second-order valence-electron chi connectivity index (χ2n) is 6.09. The van der Waals surface area contributed by atoms with E-state index in [0.29, 0.717) is 0 Å². The molecule has 0 heterocycles. The average Bonchev–Trinajstić information content (AvgIpc) is 2.62. The number of fused-ring (bicyclic) bond motifs is 1. The van der Waals surface area contributed by atoms with E-state index < -0.39 is 6.04 Å². The van der Waals surface area contributed by atoms with Gasteiger partial charge in [-0.05, 0) is 43.0 Å². The molecule has 0 fully saturated rings. The summed E-state index contributed by atoms with van der Waals surface area (Å²) in [6, 6.07) is 19.3. The van der Waals surface area contributed by atoms with Crippen LogP contribution in [0.15, 0.2) is 60.7 Å². The van der Waals surface area contributed by atoms with Crippen molar-refractivity contribution < 1.29 is 9.53 Å². The van der Waals surface area contributed by atoms with Crippen molar-refractivity contribution >= 4 is 28.1 Å². The van der Waals surface area contributed by atoms with Gasteiger partial charge < -0.3 is 15.4 Å². The minimum Gasteiger partial charge on any atom is -0.495 e. The lowest BCUT2D eigenvalue weighted by Gasteiger charge is -2.18. The predicted octanol–water partition coefficient (Wildman–Crippen LogP) is 4.60. The Balaban J connectivity index is 1.78. The molecule has 0 aliphatic heterocycles. The Labute approximate surface area is 147 Å². The Morgan fingerprint density at radius 2 is 1.76 bits per heavy atom. The van der Waals surface area contributed by atoms with Gasteiger partial charge in [-0.3, -0.25) is 4.79 Å². The summed E-state index contributed by atoms with van der Waals surface area (Å²) < 4.78 is 5.36. The molecule has 0 aliphatic rings. The fraction of sp³-hybridized carbons (Fsp3) is 0.190. The summed E-state index contributed by atoms with van der Waals surface area (Å²) in [6.07, 6.45) is 0. The lowest BCUT2D eigenvalue weighted by molar-refractivity contribution is -0.116. The minimum atomic E-state index is -0.408. The van der Waals surface area contributed by atoms with Gasteiger partial charge in [0, 0.05) is 11.1 Å². The van der Waals surface area contributed by atoms with Crippen LogP contribution in [-0.4, -0.2) is 19.1 Å². The summed E-state index contributed by atoms with van der Waals surface area (Å²) >= 11 is 0. The molecule has 0 spiro atoms. The number of benzene rings is 3. The molecule has 3 aromatic carbocycles. The summed E-state index contributed by atoms with van der Waals surface area (Å²) in [7, 11) is 1.62. The van der Waals surface area contributed by atoms with E-state index in [-0.39, 0.29) is 5.91 Å². The fourth-order valence-corrected chi connectivity index (χ4v) is 2.81. The highest BCUT2D eigenvalue weighted by atomic mass is 16.5. The van der Waals surface area contributed by atoms with E-state index in [1.54, 1.807) is 7.11 Å². The Kier molecular flexibility index (Phi) is 4.89. The molecular formula is C21H22N2O2. The first kappa shape index (κ1) is 16.8. The van der Waals surface area contributed by atoms with E-state index >= 15 is 0 Å². The molecule has 1 amide bonds. The van der Waals surface area contributed by atoms with Crippen LogP contribution in [0.25, 0.3) is 10.8 Å². The number of rotatable bonds is 5. The lowest BCUT2D eigenvalue weighted by atomic mass is 10.1. The zero-order valence-corrected chi connectivity index (χ0v) is 14.7. The van der Waals surface area contributed by atoms with Crippen LogP contribution in [0.5, 0.6) is 5.75 Å². The SMILES string of the molecule is COc1ccc(C)cc1NC(C)C(=O)Nc1cccc2ccccc12. The van der Waals surface area contributed by atoms with Crippen LogP contribution in [0.1, 0.15) is 12.5 Å². The summed E-state index contributed by atoms with van der Waals surface area (Å²) in [5.41, 5.74) is 2.72. The number of carbonyl (C=O) groups is 1. The molecule has 0 bridgehead atoms. The first-order valence-electron chi connectivity index (χ1n) is 8.28. The third-order valence-electron chi connectivity index (χ3n) is 4.17. The number of aryl methyl sites for hydroxylation is 1. The molecule has 0 saturated heterocycles. The van der Waals surface area contributed by atoms with Crippen molar-refractivity contribution in [2.45, 2.75) is 19.9 Å². The number of nitrogens with one attached hydrogen (secondary N) is 2. The molecule has 0 aromatic heterocycles. The molecule has 4 nitrogen and oxygen atoms in total. The molecular weight excluding hydrogens is 312 g/mol. The van der Waals surface area contributed by atoms with Crippen LogP contribution < -0.4 is 15.4 Å². The van der Waals surface area contributed by atoms with Gasteiger partial charge in [-0.2, -0.15) is 0 Å². The maximum atomic E-state index is 12.6. The zero-order valence-electron chi connectivity index (χ0n) is 14.7. The number of hydrogen-bond acceptors (Lipinski definition) is 3. The number of methoxy groups -OCH3 is 1. The topological polar surface area (TPSA) is 50.4 Å². The van der Waals surface area contributed by atoms with Crippen LogP contribution in [0, 0.1) is 6.92 Å². The Bertz CT molecular complexity index is 900. The number of carbonyl (C=O) groups excluding carboxylic acids is 1. The smallest absolute Gasteiger partial charge is 0.246 e. The fourth-order valence-electron chi connectivity index (χ4n) is 2.81. The lowest BCUT2D eigenvalue weighted by Crippen LogP contribution is -2.32. The van der Waals surface area contributed by atoms with E-state index in [0.717, 1.165) is 33.5 Å². The monoisotopic (exact) mass is 334 g/mol. The molecule has 0 saturated carbocycles. The number of hydrogen-bond donors (Lipinski definition) is 2. The van der Waals surface area contributed by atoms with Crippen LogP contribution in [0.4, 0.5) is 11.4 Å². The van der Waals surface area contributed by atoms with Gasteiger partial charge in [-0.15, -0.1) is 0 Å². The molecule has 3 rings (SSSR count). The first-order valence-corrected chi connectivity index (χ1v) is 8.28. The molecule has 0 radical (unpaired) electrons. The van der Waals surface area contributed by atoms with Gasteiger partial charge in [0.25, 0.3) is 0 Å². The van der Waals surface area contributed by atoms with Crippen molar-refractivity contribution in [2.24, 2.45) is 0 Å². The van der Waals surface area contributed by atoms with Crippen molar-refractivity contribution in [3.63, 3.8) is 0 Å². The van der Waals surface area contributed by atoms with Gasteiger partial charge in [-0.25, -0.2) is 0 Å². The normalized spacial score (nSPS) is 11.8. The molecule has 3 aromatic rings. The maximum Gasteiger partial charge on any atom is 0.246 e. The number of anilines is 2. The largest absolute Gasteiger partial charge is 0.495 e. The Hall–Kier alpha value is -3.01. The maximum absolute atomic E-state index is 12.6. The summed E-state index contributed by atoms with van der Waals surface area (Å²) in [6.45, 7) is 3.84. The standard InChI is InChI=1S/C21H22N2O2/c1-14-11-12-20(25-3)19(13-14)22-15(2)21(24)23-18-10-6-8-16-7-4-5-9-17(16)18/h4-13,15,22H,1-3H3,(H,23,24). The Morgan fingerprint density at radius 3 is 2.56 bits per heavy atom. The molecule has 25 heavy (non-hydrogen) atoms. The number of amides is 1. The first-order chi connectivity index (χ1) is 12.1. The van der Waals surface area contributed by atoms with Crippen molar-refractivity contribution in [3.8, 4) is 5.75 Å². The zero-order chi connectivity index (χ0) is 17.8. The van der Waals surface area contributed by atoms with Crippen molar-refractivity contribution in [2.75, 3.05) is 17.7 Å². The quantitative estimate of drug-likeness (QED) is 0.717. The van der Waals surface area contributed by atoms with Gasteiger partial charge in [0.1, 0.15) is 11.8 Å². The summed E-state index contributed by atoms with van der Waals surface area (Å²) in [5.74, 6) is 0.621. The van der Waals surface area contributed by atoms with Crippen LogP contribution >= 0.6 is 0 Å². The van der Waals surface area contributed by atoms with Crippen LogP contribution in [0.3, 0.4) is 0 Å². The highest BCUT2D eigenvalue weighted by Gasteiger charge is 2.16. The third kappa shape index (κ3) is 3.74.